The molecule has 1 aliphatic rings. The third kappa shape index (κ3) is 3.35. The molecule has 0 bridgehead atoms. The van der Waals surface area contributed by atoms with E-state index in [1.165, 1.54) is 21.1 Å². The monoisotopic (exact) mass is 291 g/mol. The summed E-state index contributed by atoms with van der Waals surface area (Å²) in [5, 5.41) is 2.71. The first kappa shape index (κ1) is 15.4. The number of nitrogens with one attached hydrogen (secondary N) is 1. The Bertz CT molecular complexity index is 547. The van der Waals surface area contributed by atoms with Crippen LogP contribution in [0.2, 0.25) is 0 Å². The van der Waals surface area contributed by atoms with E-state index < -0.39 is 0 Å². The standard InChI is InChI=1S/C16H21NO4/c1-10(18)17-13-9-15(21-3)14(20-2)8-12(13)16(19)11-6-4-5-7-11/h8-9,11H,4-7H2,1-3H3,(H,17,18). The molecule has 0 unspecified atom stereocenters. The van der Waals surface area contributed by atoms with Gasteiger partial charge in [0.2, 0.25) is 5.91 Å². The molecule has 2 rings (SSSR count). The van der Waals surface area contributed by atoms with Crippen LogP contribution in [-0.2, 0) is 4.79 Å². The number of benzene rings is 1. The van der Waals surface area contributed by atoms with Crippen LogP contribution in [0.15, 0.2) is 12.1 Å². The predicted molar refractivity (Wildman–Crippen MR) is 80.1 cm³/mol. The van der Waals surface area contributed by atoms with Crippen molar-refractivity contribution >= 4 is 17.4 Å². The molecule has 114 valence electrons. The van der Waals surface area contributed by atoms with E-state index in [4.69, 9.17) is 9.47 Å². The summed E-state index contributed by atoms with van der Waals surface area (Å²) in [6, 6.07) is 3.30. The van der Waals surface area contributed by atoms with E-state index in [0.717, 1.165) is 25.7 Å². The fraction of sp³-hybridized carbons (Fsp3) is 0.500. The Hall–Kier alpha value is -2.04. The third-order valence-electron chi connectivity index (χ3n) is 3.83. The number of hydrogen-bond acceptors (Lipinski definition) is 4. The summed E-state index contributed by atoms with van der Waals surface area (Å²) in [6.07, 6.45) is 3.98. The Balaban J connectivity index is 2.44. The SMILES string of the molecule is COc1cc(NC(C)=O)c(C(=O)C2CCCC2)cc1OC. The zero-order valence-electron chi connectivity index (χ0n) is 12.7. The quantitative estimate of drug-likeness (QED) is 0.847. The van der Waals surface area contributed by atoms with Gasteiger partial charge >= 0.3 is 0 Å². The molecule has 0 aromatic heterocycles. The number of carbonyl (C=O) groups excluding carboxylic acids is 2. The van der Waals surface area contributed by atoms with E-state index in [1.54, 1.807) is 12.1 Å². The number of carbonyl (C=O) groups is 2. The van der Waals surface area contributed by atoms with Crippen LogP contribution in [0.5, 0.6) is 11.5 Å². The maximum atomic E-state index is 12.7. The van der Waals surface area contributed by atoms with Crippen LogP contribution in [0.4, 0.5) is 5.69 Å². The van der Waals surface area contributed by atoms with E-state index in [1.807, 2.05) is 0 Å². The van der Waals surface area contributed by atoms with Crippen LogP contribution in [0.1, 0.15) is 43.0 Å². The van der Waals surface area contributed by atoms with Crippen molar-refractivity contribution < 1.29 is 19.1 Å². The molecule has 21 heavy (non-hydrogen) atoms. The molecule has 1 saturated carbocycles. The molecule has 1 N–H and O–H groups in total. The average molecular weight is 291 g/mol. The molecule has 5 heteroatoms. The predicted octanol–water partition coefficient (Wildman–Crippen LogP) is 3.04. The summed E-state index contributed by atoms with van der Waals surface area (Å²) in [5.41, 5.74) is 0.979. The zero-order chi connectivity index (χ0) is 15.4. The van der Waals surface area contributed by atoms with E-state index >= 15 is 0 Å². The minimum Gasteiger partial charge on any atom is -0.493 e. The smallest absolute Gasteiger partial charge is 0.221 e. The van der Waals surface area contributed by atoms with Gasteiger partial charge in [-0.1, -0.05) is 12.8 Å². The Morgan fingerprint density at radius 1 is 1.10 bits per heavy atom. The normalized spacial score (nSPS) is 14.8. The van der Waals surface area contributed by atoms with Crippen molar-refractivity contribution in [3.05, 3.63) is 17.7 Å². The van der Waals surface area contributed by atoms with Crippen molar-refractivity contribution in [2.75, 3.05) is 19.5 Å². The number of ketones is 1. The first-order valence-corrected chi connectivity index (χ1v) is 7.14. The lowest BCUT2D eigenvalue weighted by atomic mass is 9.94. The van der Waals surface area contributed by atoms with Gasteiger partial charge in [0.15, 0.2) is 17.3 Å². The molecular formula is C16H21NO4. The van der Waals surface area contributed by atoms with Crippen molar-refractivity contribution in [3.63, 3.8) is 0 Å². The molecule has 1 aromatic carbocycles. The summed E-state index contributed by atoms with van der Waals surface area (Å²) in [4.78, 5) is 24.0. The number of anilines is 1. The summed E-state index contributed by atoms with van der Waals surface area (Å²) < 4.78 is 10.5. The molecule has 0 radical (unpaired) electrons. The van der Waals surface area contributed by atoms with E-state index in [-0.39, 0.29) is 17.6 Å². The Labute approximate surface area is 124 Å². The highest BCUT2D eigenvalue weighted by molar-refractivity contribution is 6.06. The first-order valence-electron chi connectivity index (χ1n) is 7.14. The maximum Gasteiger partial charge on any atom is 0.221 e. The fourth-order valence-corrected chi connectivity index (χ4v) is 2.78. The zero-order valence-corrected chi connectivity index (χ0v) is 12.7. The second-order valence-corrected chi connectivity index (χ2v) is 5.28. The van der Waals surface area contributed by atoms with Crippen molar-refractivity contribution in [3.8, 4) is 11.5 Å². The third-order valence-corrected chi connectivity index (χ3v) is 3.83. The van der Waals surface area contributed by atoms with E-state index in [9.17, 15) is 9.59 Å². The van der Waals surface area contributed by atoms with Crippen molar-refractivity contribution in [1.29, 1.82) is 0 Å². The highest BCUT2D eigenvalue weighted by Crippen LogP contribution is 2.37. The van der Waals surface area contributed by atoms with E-state index in [0.29, 0.717) is 22.7 Å². The van der Waals surface area contributed by atoms with Crippen LogP contribution in [-0.4, -0.2) is 25.9 Å². The van der Waals surface area contributed by atoms with Gasteiger partial charge in [-0.25, -0.2) is 0 Å². The molecule has 0 heterocycles. The lowest BCUT2D eigenvalue weighted by Crippen LogP contribution is -2.16. The fourth-order valence-electron chi connectivity index (χ4n) is 2.78. The highest BCUT2D eigenvalue weighted by atomic mass is 16.5. The first-order chi connectivity index (χ1) is 10.1. The van der Waals surface area contributed by atoms with Crippen molar-refractivity contribution in [2.24, 2.45) is 5.92 Å². The Kier molecular flexibility index (Phi) is 4.83. The Morgan fingerprint density at radius 3 is 2.19 bits per heavy atom. The molecule has 0 aliphatic heterocycles. The lowest BCUT2D eigenvalue weighted by Gasteiger charge is -2.16. The molecule has 1 aromatic rings. The van der Waals surface area contributed by atoms with Crippen molar-refractivity contribution in [1.82, 2.24) is 0 Å². The molecule has 0 spiro atoms. The topological polar surface area (TPSA) is 64.6 Å². The van der Waals surface area contributed by atoms with Gasteiger partial charge in [-0.15, -0.1) is 0 Å². The van der Waals surface area contributed by atoms with Crippen LogP contribution in [0, 0.1) is 5.92 Å². The van der Waals surface area contributed by atoms with Gasteiger partial charge in [-0.05, 0) is 18.9 Å². The molecule has 0 saturated heterocycles. The summed E-state index contributed by atoms with van der Waals surface area (Å²) in [5.74, 6) is 0.868. The molecule has 1 fully saturated rings. The average Bonchev–Trinajstić information content (AvgIpc) is 2.99. The lowest BCUT2D eigenvalue weighted by molar-refractivity contribution is -0.114. The van der Waals surface area contributed by atoms with E-state index in [2.05, 4.69) is 5.32 Å². The minimum atomic E-state index is -0.220. The van der Waals surface area contributed by atoms with Gasteiger partial charge in [0.1, 0.15) is 0 Å². The largest absolute Gasteiger partial charge is 0.493 e. The number of hydrogen-bond donors (Lipinski definition) is 1. The summed E-state index contributed by atoms with van der Waals surface area (Å²) in [6.45, 7) is 1.42. The van der Waals surface area contributed by atoms with Gasteiger partial charge in [-0.3, -0.25) is 9.59 Å². The van der Waals surface area contributed by atoms with Crippen LogP contribution in [0.3, 0.4) is 0 Å². The number of methoxy groups -OCH3 is 2. The summed E-state index contributed by atoms with van der Waals surface area (Å²) in [7, 11) is 3.05. The van der Waals surface area contributed by atoms with Gasteiger partial charge in [0.25, 0.3) is 0 Å². The van der Waals surface area contributed by atoms with Gasteiger partial charge < -0.3 is 14.8 Å². The summed E-state index contributed by atoms with van der Waals surface area (Å²) >= 11 is 0. The minimum absolute atomic E-state index is 0.0376. The van der Waals surface area contributed by atoms with Gasteiger partial charge in [0.05, 0.1) is 19.9 Å². The van der Waals surface area contributed by atoms with Crippen LogP contribution >= 0.6 is 0 Å². The maximum absolute atomic E-state index is 12.7. The molecule has 1 aliphatic carbocycles. The molecular weight excluding hydrogens is 270 g/mol. The molecule has 1 amide bonds. The second kappa shape index (κ2) is 6.61. The molecule has 0 atom stereocenters. The number of ether oxygens (including phenoxy) is 2. The van der Waals surface area contributed by atoms with Gasteiger partial charge in [-0.2, -0.15) is 0 Å². The van der Waals surface area contributed by atoms with Crippen molar-refractivity contribution in [2.45, 2.75) is 32.6 Å². The number of amides is 1. The number of Topliss-reactive ketones (excluding diaryl/α,β-unsaturated/α-hetero) is 1. The van der Waals surface area contributed by atoms with Crippen LogP contribution < -0.4 is 14.8 Å². The second-order valence-electron chi connectivity index (χ2n) is 5.28. The van der Waals surface area contributed by atoms with Crippen LogP contribution in [0.25, 0.3) is 0 Å². The Morgan fingerprint density at radius 2 is 1.67 bits per heavy atom. The highest BCUT2D eigenvalue weighted by Gasteiger charge is 2.27. The molecule has 5 nitrogen and oxygen atoms in total. The number of rotatable bonds is 5. The van der Waals surface area contributed by atoms with Gasteiger partial charge in [0, 0.05) is 24.5 Å².